The topological polar surface area (TPSA) is 0 Å². The minimum atomic E-state index is -1.20. The van der Waals surface area contributed by atoms with Crippen LogP contribution < -0.4 is 0 Å². The van der Waals surface area contributed by atoms with Crippen molar-refractivity contribution >= 4 is 18.5 Å². The molecule has 0 nitrogen and oxygen atoms in total. The Hall–Kier alpha value is 0.507. The van der Waals surface area contributed by atoms with E-state index in [2.05, 4.69) is 6.92 Å². The quantitative estimate of drug-likeness (QED) is 0.358. The van der Waals surface area contributed by atoms with Gasteiger partial charge in [0.2, 0.25) is 0 Å². The van der Waals surface area contributed by atoms with Gasteiger partial charge in [0, 0.05) is 0 Å². The minimum Gasteiger partial charge on any atom is -0.167 e. The largest absolute Gasteiger partial charge is 0.167 e. The first kappa shape index (κ1) is 10.6. The number of hydrogen-bond donors (Lipinski definition) is 0. The Labute approximate surface area is 82.4 Å². The second-order valence-electron chi connectivity index (χ2n) is 4.17. The van der Waals surface area contributed by atoms with Gasteiger partial charge in [0.1, 0.15) is 0 Å². The predicted molar refractivity (Wildman–Crippen MR) is 59.4 cm³/mol. The molecular weight excluding hydrogens is 184 g/mol. The van der Waals surface area contributed by atoms with Crippen LogP contribution in [0.3, 0.4) is 0 Å². The Kier molecular flexibility index (Phi) is 4.66. The molecule has 0 saturated carbocycles. The van der Waals surface area contributed by atoms with E-state index in [-0.39, 0.29) is 0 Å². The van der Waals surface area contributed by atoms with Crippen molar-refractivity contribution in [2.45, 2.75) is 63.6 Å². The highest BCUT2D eigenvalue weighted by Crippen LogP contribution is 2.36. The van der Waals surface area contributed by atoms with Crippen molar-refractivity contribution in [3.8, 4) is 0 Å². The van der Waals surface area contributed by atoms with E-state index < -0.39 is 7.38 Å². The van der Waals surface area contributed by atoms with Crippen LogP contribution in [-0.2, 0) is 0 Å². The zero-order valence-electron chi connectivity index (χ0n) is 8.24. The van der Waals surface area contributed by atoms with Crippen molar-refractivity contribution in [1.29, 1.82) is 0 Å². The molecule has 0 radical (unpaired) electrons. The summed E-state index contributed by atoms with van der Waals surface area (Å²) in [4.78, 5) is 0. The molecule has 1 fully saturated rings. The molecule has 0 atom stereocenters. The fourth-order valence-electron chi connectivity index (χ4n) is 2.13. The molecule has 0 spiro atoms. The van der Waals surface area contributed by atoms with E-state index in [9.17, 15) is 0 Å². The Morgan fingerprint density at radius 2 is 1.75 bits per heavy atom. The van der Waals surface area contributed by atoms with Crippen LogP contribution in [0.15, 0.2) is 0 Å². The van der Waals surface area contributed by atoms with Gasteiger partial charge in [-0.15, -0.1) is 0 Å². The summed E-state index contributed by atoms with van der Waals surface area (Å²) < 4.78 is 0. The third kappa shape index (κ3) is 3.49. The molecule has 0 aromatic carbocycles. The van der Waals surface area contributed by atoms with Crippen LogP contribution in [0.1, 0.15) is 45.4 Å². The molecule has 0 bridgehead atoms. The summed E-state index contributed by atoms with van der Waals surface area (Å²) in [5, 5.41) is 0. The molecule has 2 heteroatoms. The average Bonchev–Trinajstić information content (AvgIpc) is 2.06. The van der Waals surface area contributed by atoms with E-state index in [1.807, 2.05) is 0 Å². The molecule has 12 heavy (non-hydrogen) atoms. The fourth-order valence-corrected chi connectivity index (χ4v) is 6.73. The van der Waals surface area contributed by atoms with Gasteiger partial charge in [-0.3, -0.25) is 0 Å². The lowest BCUT2D eigenvalue weighted by Crippen LogP contribution is -2.29. The lowest BCUT2D eigenvalue weighted by atomic mass is 10.3. The monoisotopic (exact) mass is 204 g/mol. The predicted octanol–water partition coefficient (Wildman–Crippen LogP) is 4.54. The molecule has 1 saturated heterocycles. The number of unbranched alkanes of at least 4 members (excludes halogenated alkanes) is 2. The highest BCUT2D eigenvalue weighted by atomic mass is 35.6. The molecule has 0 aliphatic carbocycles. The van der Waals surface area contributed by atoms with E-state index in [1.54, 1.807) is 0 Å². The van der Waals surface area contributed by atoms with Gasteiger partial charge < -0.3 is 0 Å². The Bertz CT molecular complexity index is 119. The van der Waals surface area contributed by atoms with Crippen LogP contribution in [0.5, 0.6) is 0 Å². The van der Waals surface area contributed by atoms with Gasteiger partial charge in [-0.1, -0.05) is 45.4 Å². The van der Waals surface area contributed by atoms with Gasteiger partial charge in [0.25, 0.3) is 0 Å². The maximum atomic E-state index is 6.65. The zero-order chi connectivity index (χ0) is 8.86. The minimum absolute atomic E-state index is 1.20. The van der Waals surface area contributed by atoms with Crippen molar-refractivity contribution in [2.24, 2.45) is 0 Å². The molecule has 0 amide bonds. The molecular formula is C10H21ClSi. The van der Waals surface area contributed by atoms with Crippen molar-refractivity contribution < 1.29 is 0 Å². The summed E-state index contributed by atoms with van der Waals surface area (Å²) in [5.74, 6) is 0. The van der Waals surface area contributed by atoms with Crippen LogP contribution in [0.25, 0.3) is 0 Å². The second kappa shape index (κ2) is 5.28. The molecule has 0 unspecified atom stereocenters. The van der Waals surface area contributed by atoms with E-state index in [0.29, 0.717) is 0 Å². The first-order chi connectivity index (χ1) is 5.77. The van der Waals surface area contributed by atoms with E-state index >= 15 is 0 Å². The summed E-state index contributed by atoms with van der Waals surface area (Å²) in [6, 6.07) is 4.19. The van der Waals surface area contributed by atoms with Gasteiger partial charge in [-0.25, -0.2) is 0 Å². The lowest BCUT2D eigenvalue weighted by Gasteiger charge is -2.28. The number of halogens is 1. The summed E-state index contributed by atoms with van der Waals surface area (Å²) in [6.45, 7) is 2.27. The summed E-state index contributed by atoms with van der Waals surface area (Å²) in [5.41, 5.74) is 0. The third-order valence-electron chi connectivity index (χ3n) is 2.98. The molecule has 0 aromatic heterocycles. The van der Waals surface area contributed by atoms with Crippen LogP contribution >= 0.6 is 11.1 Å². The Morgan fingerprint density at radius 1 is 1.08 bits per heavy atom. The van der Waals surface area contributed by atoms with Gasteiger partial charge in [-0.2, -0.15) is 11.1 Å². The van der Waals surface area contributed by atoms with Crippen LogP contribution in [-0.4, -0.2) is 7.38 Å². The average molecular weight is 205 g/mol. The van der Waals surface area contributed by atoms with Gasteiger partial charge in [0.05, 0.1) is 0 Å². The highest BCUT2D eigenvalue weighted by molar-refractivity contribution is 7.20. The molecule has 1 aliphatic rings. The van der Waals surface area contributed by atoms with E-state index in [4.69, 9.17) is 11.1 Å². The van der Waals surface area contributed by atoms with Crippen molar-refractivity contribution in [2.75, 3.05) is 0 Å². The van der Waals surface area contributed by atoms with Crippen LogP contribution in [0.2, 0.25) is 18.1 Å². The standard InChI is InChI=1S/C10H21ClSi/c1-2-3-5-8-12(11)9-6-4-7-10-12/h2-10H2,1H3. The molecule has 72 valence electrons. The Balaban J connectivity index is 2.17. The smallest absolute Gasteiger partial charge is 0.156 e. The van der Waals surface area contributed by atoms with E-state index in [0.717, 1.165) is 0 Å². The lowest BCUT2D eigenvalue weighted by molar-refractivity contribution is 0.698. The van der Waals surface area contributed by atoms with Crippen molar-refractivity contribution in [3.05, 3.63) is 0 Å². The molecule has 1 aliphatic heterocycles. The first-order valence-corrected chi connectivity index (χ1v) is 9.09. The molecule has 0 N–H and O–H groups in total. The van der Waals surface area contributed by atoms with Gasteiger partial charge >= 0.3 is 0 Å². The molecule has 1 rings (SSSR count). The third-order valence-corrected chi connectivity index (χ3v) is 8.43. The first-order valence-electron chi connectivity index (χ1n) is 5.46. The summed E-state index contributed by atoms with van der Waals surface area (Å²) in [7, 11) is -1.20. The fraction of sp³-hybridized carbons (Fsp3) is 1.00. The van der Waals surface area contributed by atoms with Gasteiger partial charge in [0.15, 0.2) is 7.38 Å². The SMILES string of the molecule is CCCCC[Si]1(Cl)CCCCC1. The zero-order valence-corrected chi connectivity index (χ0v) is 10.00. The second-order valence-corrected chi connectivity index (χ2v) is 10.4. The molecule has 1 heterocycles. The highest BCUT2D eigenvalue weighted by Gasteiger charge is 2.31. The maximum Gasteiger partial charge on any atom is 0.156 e. The summed E-state index contributed by atoms with van der Waals surface area (Å²) in [6.07, 6.45) is 8.40. The van der Waals surface area contributed by atoms with Crippen LogP contribution in [0, 0.1) is 0 Å². The van der Waals surface area contributed by atoms with Gasteiger partial charge in [-0.05, 0) is 18.1 Å². The normalized spacial score (nSPS) is 22.5. The number of hydrogen-bond acceptors (Lipinski definition) is 0. The van der Waals surface area contributed by atoms with Crippen LogP contribution in [0.4, 0.5) is 0 Å². The van der Waals surface area contributed by atoms with Crippen molar-refractivity contribution in [3.63, 3.8) is 0 Å². The number of rotatable bonds is 4. The summed E-state index contributed by atoms with van der Waals surface area (Å²) >= 11 is 6.65. The molecule has 0 aromatic rings. The van der Waals surface area contributed by atoms with Crippen molar-refractivity contribution in [1.82, 2.24) is 0 Å². The Morgan fingerprint density at radius 3 is 2.33 bits per heavy atom. The maximum absolute atomic E-state index is 6.65. The van der Waals surface area contributed by atoms with E-state index in [1.165, 1.54) is 56.7 Å².